The number of anilines is 1. The molecule has 0 spiro atoms. The smallest absolute Gasteiger partial charge is 0.339 e. The average Bonchev–Trinajstić information content (AvgIpc) is 2.70. The van der Waals surface area contributed by atoms with Crippen LogP contribution in [0, 0.1) is 0 Å². The molecule has 0 amide bonds. The highest BCUT2D eigenvalue weighted by molar-refractivity contribution is 7.92. The average molecular weight is 432 g/mol. The Bertz CT molecular complexity index is 1100. The summed E-state index contributed by atoms with van der Waals surface area (Å²) in [4.78, 5) is 12.0. The zero-order valence-electron chi connectivity index (χ0n) is 15.5. The number of esters is 1. The predicted molar refractivity (Wildman–Crippen MR) is 111 cm³/mol. The Hall–Kier alpha value is -3.03. The molecule has 0 fully saturated rings. The minimum atomic E-state index is -3.87. The normalized spacial score (nSPS) is 11.0. The molecule has 6 nitrogen and oxygen atoms in total. The van der Waals surface area contributed by atoms with Crippen LogP contribution in [0.15, 0.2) is 77.7 Å². The van der Waals surface area contributed by atoms with Crippen molar-refractivity contribution in [3.8, 4) is 11.5 Å². The molecular weight excluding hydrogens is 414 g/mol. The summed E-state index contributed by atoms with van der Waals surface area (Å²) in [6, 6.07) is 19.4. The molecule has 0 saturated carbocycles. The zero-order valence-corrected chi connectivity index (χ0v) is 17.0. The van der Waals surface area contributed by atoms with Crippen molar-refractivity contribution >= 4 is 33.3 Å². The van der Waals surface area contributed by atoms with E-state index in [1.807, 2.05) is 18.2 Å². The number of carbonyl (C=O) groups excluding carboxylic acids is 1. The fraction of sp³-hybridized carbons (Fsp3) is 0.0952. The van der Waals surface area contributed by atoms with E-state index in [9.17, 15) is 13.2 Å². The lowest BCUT2D eigenvalue weighted by molar-refractivity contribution is 0.0526. The van der Waals surface area contributed by atoms with E-state index in [1.165, 1.54) is 30.3 Å². The van der Waals surface area contributed by atoms with Crippen molar-refractivity contribution in [2.24, 2.45) is 0 Å². The van der Waals surface area contributed by atoms with Crippen molar-refractivity contribution in [1.29, 1.82) is 0 Å². The van der Waals surface area contributed by atoms with Gasteiger partial charge in [0.05, 0.1) is 22.1 Å². The molecule has 3 aromatic rings. The third kappa shape index (κ3) is 5.28. The summed E-state index contributed by atoms with van der Waals surface area (Å²) in [7, 11) is -3.87. The van der Waals surface area contributed by atoms with Gasteiger partial charge in [-0.1, -0.05) is 29.8 Å². The number of carbonyl (C=O) groups is 1. The van der Waals surface area contributed by atoms with Crippen LogP contribution in [-0.4, -0.2) is 21.0 Å². The molecule has 3 aromatic carbocycles. The van der Waals surface area contributed by atoms with Gasteiger partial charge in [0.2, 0.25) is 0 Å². The molecule has 0 aliphatic rings. The number of ether oxygens (including phenoxy) is 2. The number of hydrogen-bond acceptors (Lipinski definition) is 5. The molecule has 0 unspecified atom stereocenters. The molecule has 0 bridgehead atoms. The van der Waals surface area contributed by atoms with Crippen LogP contribution in [0.5, 0.6) is 11.5 Å². The van der Waals surface area contributed by atoms with Gasteiger partial charge in [-0.25, -0.2) is 13.2 Å². The molecule has 0 aromatic heterocycles. The fourth-order valence-corrected chi connectivity index (χ4v) is 3.72. The van der Waals surface area contributed by atoms with E-state index >= 15 is 0 Å². The molecular formula is C21H18ClNO5S. The number of hydrogen-bond donors (Lipinski definition) is 1. The Kier molecular flexibility index (Phi) is 6.41. The van der Waals surface area contributed by atoms with Gasteiger partial charge in [-0.2, -0.15) is 0 Å². The predicted octanol–water partition coefficient (Wildman–Crippen LogP) is 5.11. The summed E-state index contributed by atoms with van der Waals surface area (Å²) in [5.41, 5.74) is 0.280. The summed E-state index contributed by atoms with van der Waals surface area (Å²) in [6.07, 6.45) is 0. The van der Waals surface area contributed by atoms with Crippen LogP contribution in [-0.2, 0) is 14.8 Å². The van der Waals surface area contributed by atoms with E-state index in [2.05, 4.69) is 4.72 Å². The van der Waals surface area contributed by atoms with Crippen LogP contribution in [0.1, 0.15) is 17.3 Å². The van der Waals surface area contributed by atoms with E-state index in [-0.39, 0.29) is 27.8 Å². The highest BCUT2D eigenvalue weighted by Crippen LogP contribution is 2.26. The molecule has 0 radical (unpaired) electrons. The van der Waals surface area contributed by atoms with E-state index < -0.39 is 16.0 Å². The maximum atomic E-state index is 12.7. The van der Waals surface area contributed by atoms with Crippen LogP contribution in [0.25, 0.3) is 0 Å². The molecule has 0 aliphatic carbocycles. The van der Waals surface area contributed by atoms with Crippen molar-refractivity contribution in [2.75, 3.05) is 11.3 Å². The highest BCUT2D eigenvalue weighted by Gasteiger charge is 2.17. The molecule has 0 atom stereocenters. The molecule has 3 rings (SSSR count). The number of para-hydroxylation sites is 1. The van der Waals surface area contributed by atoms with Gasteiger partial charge < -0.3 is 9.47 Å². The molecule has 0 saturated heterocycles. The van der Waals surface area contributed by atoms with Crippen molar-refractivity contribution in [3.63, 3.8) is 0 Å². The van der Waals surface area contributed by atoms with Crippen molar-refractivity contribution in [3.05, 3.63) is 83.4 Å². The van der Waals surface area contributed by atoms with Gasteiger partial charge >= 0.3 is 5.97 Å². The monoisotopic (exact) mass is 431 g/mol. The Balaban J connectivity index is 1.77. The number of nitrogens with one attached hydrogen (secondary N) is 1. The van der Waals surface area contributed by atoms with Gasteiger partial charge in [-0.3, -0.25) is 4.72 Å². The molecule has 29 heavy (non-hydrogen) atoms. The molecule has 1 N–H and O–H groups in total. The minimum Gasteiger partial charge on any atom is -0.462 e. The van der Waals surface area contributed by atoms with Crippen LogP contribution >= 0.6 is 11.6 Å². The molecule has 150 valence electrons. The van der Waals surface area contributed by atoms with Crippen LogP contribution in [0.2, 0.25) is 5.02 Å². The summed E-state index contributed by atoms with van der Waals surface area (Å²) < 4.78 is 38.3. The first-order valence-corrected chi connectivity index (χ1v) is 10.6. The third-order valence-electron chi connectivity index (χ3n) is 3.83. The quantitative estimate of drug-likeness (QED) is 0.525. The molecule has 0 aliphatic heterocycles. The highest BCUT2D eigenvalue weighted by atomic mass is 35.5. The first kappa shape index (κ1) is 20.7. The van der Waals surface area contributed by atoms with E-state index in [4.69, 9.17) is 21.1 Å². The van der Waals surface area contributed by atoms with Crippen LogP contribution in [0.4, 0.5) is 5.69 Å². The summed E-state index contributed by atoms with van der Waals surface area (Å²) in [6.45, 7) is 1.85. The number of sulfonamides is 1. The SMILES string of the molecule is CCOC(=O)c1cc(NS(=O)(=O)c2ccc(Oc3ccccc3)cc2)ccc1Cl. The van der Waals surface area contributed by atoms with Crippen LogP contribution < -0.4 is 9.46 Å². The van der Waals surface area contributed by atoms with Gasteiger partial charge in [-0.05, 0) is 61.5 Å². The standard InChI is InChI=1S/C21H18ClNO5S/c1-2-27-21(24)19-14-15(8-13-20(19)22)23-29(25,26)18-11-9-17(10-12-18)28-16-6-4-3-5-7-16/h3-14,23H,2H2,1H3. The maximum absolute atomic E-state index is 12.7. The third-order valence-corrected chi connectivity index (χ3v) is 5.55. The molecule has 0 heterocycles. The zero-order chi connectivity index (χ0) is 20.9. The lowest BCUT2D eigenvalue weighted by Gasteiger charge is -2.11. The topological polar surface area (TPSA) is 81.7 Å². The van der Waals surface area contributed by atoms with Crippen molar-refractivity contribution in [1.82, 2.24) is 0 Å². The summed E-state index contributed by atoms with van der Waals surface area (Å²) in [5.74, 6) is 0.529. The van der Waals surface area contributed by atoms with Gasteiger partial charge in [0.15, 0.2) is 0 Å². The number of halogens is 1. The maximum Gasteiger partial charge on any atom is 0.339 e. The molecule has 8 heteroatoms. The Morgan fingerprint density at radius 3 is 2.28 bits per heavy atom. The lowest BCUT2D eigenvalue weighted by atomic mass is 10.2. The number of rotatable bonds is 7. The van der Waals surface area contributed by atoms with Gasteiger partial charge in [-0.15, -0.1) is 0 Å². The summed E-state index contributed by atoms with van der Waals surface area (Å²) in [5, 5.41) is 0.175. The van der Waals surface area contributed by atoms with Gasteiger partial charge in [0.25, 0.3) is 10.0 Å². The minimum absolute atomic E-state index is 0.0468. The van der Waals surface area contributed by atoms with Crippen LogP contribution in [0.3, 0.4) is 0 Å². The fourth-order valence-electron chi connectivity index (χ4n) is 2.48. The van der Waals surface area contributed by atoms with E-state index in [1.54, 1.807) is 31.2 Å². The second kappa shape index (κ2) is 8.98. The second-order valence-electron chi connectivity index (χ2n) is 5.91. The summed E-state index contributed by atoms with van der Waals surface area (Å²) >= 11 is 6.01. The van der Waals surface area contributed by atoms with E-state index in [0.29, 0.717) is 11.5 Å². The second-order valence-corrected chi connectivity index (χ2v) is 8.00. The number of benzene rings is 3. The van der Waals surface area contributed by atoms with E-state index in [0.717, 1.165) is 0 Å². The van der Waals surface area contributed by atoms with Crippen molar-refractivity contribution < 1.29 is 22.7 Å². The first-order chi connectivity index (χ1) is 13.9. The Morgan fingerprint density at radius 2 is 1.62 bits per heavy atom. The van der Waals surface area contributed by atoms with Gasteiger partial charge in [0.1, 0.15) is 11.5 Å². The Morgan fingerprint density at radius 1 is 0.966 bits per heavy atom. The van der Waals surface area contributed by atoms with Crippen molar-refractivity contribution in [2.45, 2.75) is 11.8 Å². The lowest BCUT2D eigenvalue weighted by Crippen LogP contribution is -2.14. The largest absolute Gasteiger partial charge is 0.462 e. The Labute approximate surface area is 174 Å². The first-order valence-electron chi connectivity index (χ1n) is 8.71. The van der Waals surface area contributed by atoms with Gasteiger partial charge in [0, 0.05) is 5.69 Å².